The Balaban J connectivity index is 1.57. The van der Waals surface area contributed by atoms with Gasteiger partial charge in [-0.05, 0) is 43.7 Å². The van der Waals surface area contributed by atoms with Gasteiger partial charge in [0.1, 0.15) is 6.54 Å². The van der Waals surface area contributed by atoms with Crippen molar-refractivity contribution >= 4 is 46.0 Å². The monoisotopic (exact) mass is 480 g/mol. The van der Waals surface area contributed by atoms with Gasteiger partial charge in [0.25, 0.3) is 5.91 Å². The van der Waals surface area contributed by atoms with E-state index < -0.39 is 11.9 Å². The summed E-state index contributed by atoms with van der Waals surface area (Å²) >= 11 is 6.09. The first-order chi connectivity index (χ1) is 16.3. The number of halogens is 1. The largest absolute Gasteiger partial charge is 0.480 e. The molecule has 4 aromatic rings. The van der Waals surface area contributed by atoms with Gasteiger partial charge >= 0.3 is 5.97 Å². The van der Waals surface area contributed by atoms with Gasteiger partial charge in [-0.15, -0.1) is 10.2 Å². The molecule has 0 radical (unpaired) electrons. The summed E-state index contributed by atoms with van der Waals surface area (Å²) in [5.74, 6) is -0.905. The first-order valence-corrected chi connectivity index (χ1v) is 10.9. The Morgan fingerprint density at radius 1 is 1.12 bits per heavy atom. The number of anilines is 1. The summed E-state index contributed by atoms with van der Waals surface area (Å²) in [4.78, 5) is 36.4. The Morgan fingerprint density at radius 2 is 1.91 bits per heavy atom. The fraction of sp³-hybridized carbons (Fsp3) is 0.217. The smallest absolute Gasteiger partial charge is 0.323 e. The molecule has 1 aromatic carbocycles. The number of carbonyl (C=O) groups excluding carboxylic acids is 2. The number of carbonyl (C=O) groups is 3. The maximum atomic E-state index is 12.9. The minimum Gasteiger partial charge on any atom is -0.480 e. The van der Waals surface area contributed by atoms with Gasteiger partial charge in [0, 0.05) is 28.5 Å². The van der Waals surface area contributed by atoms with E-state index in [9.17, 15) is 19.5 Å². The fourth-order valence-electron chi connectivity index (χ4n) is 3.69. The minimum atomic E-state index is -1.03. The molecule has 3 aromatic heterocycles. The Morgan fingerprint density at radius 3 is 2.59 bits per heavy atom. The van der Waals surface area contributed by atoms with Gasteiger partial charge in [-0.3, -0.25) is 14.4 Å². The Labute approximate surface area is 199 Å². The lowest BCUT2D eigenvalue weighted by Crippen LogP contribution is -2.14. The van der Waals surface area contributed by atoms with E-state index in [0.29, 0.717) is 39.4 Å². The third kappa shape index (κ3) is 4.53. The molecular formula is C23H21ClN6O4. The summed E-state index contributed by atoms with van der Waals surface area (Å²) in [7, 11) is 0. The van der Waals surface area contributed by atoms with E-state index in [-0.39, 0.29) is 23.7 Å². The number of ketones is 1. The molecule has 0 saturated heterocycles. The van der Waals surface area contributed by atoms with Crippen LogP contribution in [0, 0.1) is 6.92 Å². The Hall–Kier alpha value is -4.05. The highest BCUT2D eigenvalue weighted by molar-refractivity contribution is 6.31. The van der Waals surface area contributed by atoms with Gasteiger partial charge < -0.3 is 15.0 Å². The van der Waals surface area contributed by atoms with Crippen LogP contribution < -0.4 is 5.32 Å². The SMILES string of the molecule is CCCC(=O)c1cnn(-c2ccc(NC(=O)c3cn(CC(=O)O)c4ccc(Cl)cc34)nn2)c1C. The van der Waals surface area contributed by atoms with Crippen molar-refractivity contribution in [2.75, 3.05) is 5.32 Å². The lowest BCUT2D eigenvalue weighted by molar-refractivity contribution is -0.137. The maximum absolute atomic E-state index is 12.9. The number of carboxylic acids is 1. The average molecular weight is 481 g/mol. The first kappa shape index (κ1) is 23.1. The summed E-state index contributed by atoms with van der Waals surface area (Å²) in [6.07, 6.45) is 4.17. The number of amides is 1. The minimum absolute atomic E-state index is 0.0188. The standard InChI is InChI=1S/C23H21ClN6O4/c1-3-4-19(31)16-10-25-30(13(16)2)21-8-7-20(27-28-21)26-23(34)17-11-29(12-22(32)33)18-6-5-14(24)9-15(17)18/h5-11H,3-4,12H2,1-2H3,(H,32,33)(H,26,27,34). The number of benzene rings is 1. The molecule has 1 amide bonds. The van der Waals surface area contributed by atoms with Crippen LogP contribution in [0.15, 0.2) is 42.7 Å². The molecule has 4 rings (SSSR count). The van der Waals surface area contributed by atoms with Crippen molar-refractivity contribution in [1.29, 1.82) is 0 Å². The van der Waals surface area contributed by atoms with Crippen molar-refractivity contribution in [1.82, 2.24) is 24.5 Å². The molecule has 3 heterocycles. The fourth-order valence-corrected chi connectivity index (χ4v) is 3.86. The highest BCUT2D eigenvalue weighted by Gasteiger charge is 2.19. The lowest BCUT2D eigenvalue weighted by Gasteiger charge is -2.06. The number of hydrogen-bond acceptors (Lipinski definition) is 6. The molecule has 174 valence electrons. The van der Waals surface area contributed by atoms with Crippen LogP contribution in [0.1, 0.15) is 46.2 Å². The molecule has 0 fully saturated rings. The summed E-state index contributed by atoms with van der Waals surface area (Å²) < 4.78 is 2.98. The molecule has 10 nitrogen and oxygen atoms in total. The van der Waals surface area contributed by atoms with Gasteiger partial charge in [-0.25, -0.2) is 4.68 Å². The molecule has 34 heavy (non-hydrogen) atoms. The normalized spacial score (nSPS) is 11.0. The van der Waals surface area contributed by atoms with Crippen LogP contribution in [-0.2, 0) is 11.3 Å². The van der Waals surface area contributed by atoms with Crippen molar-refractivity contribution in [2.24, 2.45) is 0 Å². The van der Waals surface area contributed by atoms with E-state index in [1.165, 1.54) is 21.6 Å². The van der Waals surface area contributed by atoms with E-state index in [4.69, 9.17) is 11.6 Å². The Bertz CT molecular complexity index is 1410. The Kier molecular flexibility index (Phi) is 6.42. The van der Waals surface area contributed by atoms with Gasteiger partial charge in [-0.1, -0.05) is 18.5 Å². The van der Waals surface area contributed by atoms with Crippen LogP contribution in [0.3, 0.4) is 0 Å². The molecule has 0 aliphatic rings. The molecule has 0 saturated carbocycles. The van der Waals surface area contributed by atoms with Gasteiger partial charge in [0.15, 0.2) is 17.4 Å². The average Bonchev–Trinajstić information content (AvgIpc) is 3.34. The van der Waals surface area contributed by atoms with E-state index in [1.807, 2.05) is 6.92 Å². The quantitative estimate of drug-likeness (QED) is 0.365. The lowest BCUT2D eigenvalue weighted by atomic mass is 10.1. The van der Waals surface area contributed by atoms with Crippen molar-refractivity contribution in [2.45, 2.75) is 33.2 Å². The molecule has 11 heteroatoms. The number of carboxylic acid groups (broad SMARTS) is 1. The molecule has 0 aliphatic heterocycles. The highest BCUT2D eigenvalue weighted by atomic mass is 35.5. The van der Waals surface area contributed by atoms with Crippen molar-refractivity contribution in [3.05, 3.63) is 64.6 Å². The van der Waals surface area contributed by atoms with Gasteiger partial charge in [-0.2, -0.15) is 5.10 Å². The molecule has 0 spiro atoms. The molecule has 0 atom stereocenters. The zero-order valence-corrected chi connectivity index (χ0v) is 19.2. The predicted molar refractivity (Wildman–Crippen MR) is 126 cm³/mol. The van der Waals surface area contributed by atoms with E-state index >= 15 is 0 Å². The molecular weight excluding hydrogens is 460 g/mol. The first-order valence-electron chi connectivity index (χ1n) is 10.5. The number of nitrogens with zero attached hydrogens (tertiary/aromatic N) is 5. The second-order valence-corrected chi connectivity index (χ2v) is 8.12. The zero-order chi connectivity index (χ0) is 24.4. The van der Waals surface area contributed by atoms with Crippen LogP contribution in [0.2, 0.25) is 5.02 Å². The number of nitrogens with one attached hydrogen (secondary N) is 1. The topological polar surface area (TPSA) is 132 Å². The molecule has 0 aliphatic carbocycles. The van der Waals surface area contributed by atoms with Crippen LogP contribution in [0.5, 0.6) is 0 Å². The number of aliphatic carboxylic acids is 1. The van der Waals surface area contributed by atoms with Gasteiger partial charge in [0.2, 0.25) is 0 Å². The summed E-state index contributed by atoms with van der Waals surface area (Å²) in [6.45, 7) is 3.42. The maximum Gasteiger partial charge on any atom is 0.323 e. The number of fused-ring (bicyclic) bond motifs is 1. The van der Waals surface area contributed by atoms with E-state index in [0.717, 1.165) is 6.42 Å². The summed E-state index contributed by atoms with van der Waals surface area (Å²) in [5, 5.41) is 25.2. The van der Waals surface area contributed by atoms with E-state index in [1.54, 1.807) is 37.3 Å². The molecule has 0 unspecified atom stereocenters. The van der Waals surface area contributed by atoms with E-state index in [2.05, 4.69) is 20.6 Å². The second-order valence-electron chi connectivity index (χ2n) is 7.69. The second kappa shape index (κ2) is 9.44. The van der Waals surface area contributed by atoms with Crippen LogP contribution in [0.25, 0.3) is 16.7 Å². The third-order valence-corrected chi connectivity index (χ3v) is 5.52. The molecule has 0 bridgehead atoms. The number of Topliss-reactive ketones (excluding diaryl/α,β-unsaturated/α-hetero) is 1. The van der Waals surface area contributed by atoms with Crippen LogP contribution in [-0.4, -0.2) is 47.3 Å². The zero-order valence-electron chi connectivity index (χ0n) is 18.4. The third-order valence-electron chi connectivity index (χ3n) is 5.29. The molecule has 2 N–H and O–H groups in total. The van der Waals surface area contributed by atoms with Gasteiger partial charge in [0.05, 0.1) is 23.0 Å². The van der Waals surface area contributed by atoms with Crippen molar-refractivity contribution in [3.8, 4) is 5.82 Å². The van der Waals surface area contributed by atoms with Crippen molar-refractivity contribution < 1.29 is 19.5 Å². The van der Waals surface area contributed by atoms with Crippen LogP contribution >= 0.6 is 11.6 Å². The highest BCUT2D eigenvalue weighted by Crippen LogP contribution is 2.26. The summed E-state index contributed by atoms with van der Waals surface area (Å²) in [5.41, 5.74) is 2.03. The van der Waals surface area contributed by atoms with Crippen molar-refractivity contribution in [3.63, 3.8) is 0 Å². The van der Waals surface area contributed by atoms with Crippen LogP contribution in [0.4, 0.5) is 5.82 Å². The number of hydrogen-bond donors (Lipinski definition) is 2. The number of rotatable bonds is 8. The number of aromatic nitrogens is 5. The predicted octanol–water partition coefficient (Wildman–Crippen LogP) is 3.90. The summed E-state index contributed by atoms with van der Waals surface area (Å²) in [6, 6.07) is 8.10.